The molecule has 2 unspecified atom stereocenters. The molecule has 2 amide bonds. The fourth-order valence-corrected chi connectivity index (χ4v) is 9.39. The van der Waals surface area contributed by atoms with Crippen LogP contribution in [-0.2, 0) is 9.59 Å². The molecule has 490 valence electrons. The molecule has 1 saturated heterocycles. The van der Waals surface area contributed by atoms with Crippen molar-refractivity contribution in [3.8, 4) is 0 Å². The first-order chi connectivity index (χ1) is 42.5. The second-order valence-corrected chi connectivity index (χ2v) is 24.4. The van der Waals surface area contributed by atoms with E-state index in [1.807, 2.05) is 103 Å². The molecule has 4 aliphatic rings. The summed E-state index contributed by atoms with van der Waals surface area (Å²) in [6, 6.07) is 4.17. The molecule has 4 aliphatic heterocycles. The number of imidazole rings is 2. The summed E-state index contributed by atoms with van der Waals surface area (Å²) < 4.78 is 7.79. The molecule has 11 rings (SSSR count). The van der Waals surface area contributed by atoms with Crippen molar-refractivity contribution in [1.29, 1.82) is 0 Å². The molecule has 2 atom stereocenters. The van der Waals surface area contributed by atoms with Gasteiger partial charge in [0.15, 0.2) is 28.6 Å². The van der Waals surface area contributed by atoms with Crippen molar-refractivity contribution in [3.05, 3.63) is 137 Å². The quantitative estimate of drug-likeness (QED) is 0.103. The third-order valence-electron chi connectivity index (χ3n) is 14.5. The zero-order valence-corrected chi connectivity index (χ0v) is 57.6. The Morgan fingerprint density at radius 2 is 1.13 bits per heavy atom. The number of rotatable bonds is 8. The summed E-state index contributed by atoms with van der Waals surface area (Å²) >= 11 is 0. The number of hydrogen-bond acceptors (Lipinski definition) is 19. The molecule has 0 aliphatic carbocycles. The third-order valence-corrected chi connectivity index (χ3v) is 14.5. The summed E-state index contributed by atoms with van der Waals surface area (Å²) in [5, 5.41) is 13.5. The second-order valence-electron chi connectivity index (χ2n) is 24.4. The summed E-state index contributed by atoms with van der Waals surface area (Å²) in [5.74, 6) is 4.36. The fourth-order valence-electron chi connectivity index (χ4n) is 9.39. The van der Waals surface area contributed by atoms with Gasteiger partial charge < -0.3 is 49.3 Å². The predicted octanol–water partition coefficient (Wildman–Crippen LogP) is 10.1. The number of nitrogens with zero attached hydrogens (tertiary/aromatic N) is 18. The number of aromatic amines is 1. The van der Waals surface area contributed by atoms with E-state index < -0.39 is 0 Å². The Morgan fingerprint density at radius 3 is 1.66 bits per heavy atom. The van der Waals surface area contributed by atoms with Gasteiger partial charge in [-0.2, -0.15) is 0 Å². The number of nitrogens with one attached hydrogen (secondary N) is 4. The number of carbonyl (C=O) groups is 3. The lowest BCUT2D eigenvalue weighted by Crippen LogP contribution is -2.60. The number of aliphatic imine (C=N–C) groups is 2. The van der Waals surface area contributed by atoms with Crippen LogP contribution in [-0.4, -0.2) is 143 Å². The lowest BCUT2D eigenvalue weighted by Gasteiger charge is -2.35. The SMILES string of the molecule is C=C1N=C(C)C(C)=CN1C(C)C.C=C1NC(=O)C(C)=CN1C(C)C.C=C1NC(=O)C2N=CN(C(C)C)C2N1.CC(=O)c1ncn(C(C)C)n1.Cc1nc(C)c2ccn(C(C)C)c2n1.Cc1nc(C)c2ncn(C(C)C)c2n1.Cc1nc2c(ncn2C(C)C)c(=O)[nH]1. The Labute approximate surface area is 535 Å². The van der Waals surface area contributed by atoms with Crippen LogP contribution in [0.4, 0.5) is 0 Å². The van der Waals surface area contributed by atoms with Gasteiger partial charge in [-0.25, -0.2) is 49.5 Å². The summed E-state index contributed by atoms with van der Waals surface area (Å²) in [7, 11) is 0. The van der Waals surface area contributed by atoms with Gasteiger partial charge in [-0.3, -0.25) is 24.2 Å². The normalized spacial score (nSPS) is 16.0. The molecular weight excluding hydrogens is 1150 g/mol. The number of H-pyrrole nitrogens is 1. The molecule has 7 aromatic rings. The molecule has 1 fully saturated rings. The van der Waals surface area contributed by atoms with E-state index in [0.29, 0.717) is 64.7 Å². The summed E-state index contributed by atoms with van der Waals surface area (Å²) in [5.41, 5.74) is 8.79. The first-order valence-corrected chi connectivity index (χ1v) is 30.6. The highest BCUT2D eigenvalue weighted by Gasteiger charge is 2.40. The molecule has 0 radical (unpaired) electrons. The summed E-state index contributed by atoms with van der Waals surface area (Å²) in [4.78, 5) is 96.0. The zero-order chi connectivity index (χ0) is 68.2. The molecule has 0 saturated carbocycles. The van der Waals surface area contributed by atoms with E-state index in [4.69, 9.17) is 0 Å². The number of hydrogen-bond donors (Lipinski definition) is 4. The van der Waals surface area contributed by atoms with E-state index in [2.05, 4.69) is 190 Å². The molecule has 26 nitrogen and oxygen atoms in total. The van der Waals surface area contributed by atoms with Gasteiger partial charge in [-0.15, -0.1) is 5.10 Å². The number of allylic oxidation sites excluding steroid dienone is 1. The van der Waals surface area contributed by atoms with E-state index in [1.54, 1.807) is 37.5 Å². The molecule has 0 bridgehead atoms. The number of fused-ring (bicyclic) bond motifs is 4. The number of ketones is 1. The largest absolute Gasteiger partial charge is 0.350 e. The highest BCUT2D eigenvalue weighted by atomic mass is 16.2. The van der Waals surface area contributed by atoms with Gasteiger partial charge in [-0.1, -0.05) is 19.7 Å². The maximum Gasteiger partial charge on any atom is 0.279 e. The van der Waals surface area contributed by atoms with Gasteiger partial charge in [0.1, 0.15) is 52.8 Å². The molecular formula is C65H96N22O4. The molecule has 91 heavy (non-hydrogen) atoms. The average molecular weight is 1250 g/mol. The van der Waals surface area contributed by atoms with Crippen LogP contribution in [0.5, 0.6) is 0 Å². The topological polar surface area (TPSA) is 290 Å². The standard InChI is InChI=1S/C11H15N3.C10H14N4.C10H16N2.C9H14N4O.C9H12N4O.C9H14N2O.C7H11N3O/c1-7(2)14-6-5-10-8(3)12-9(4)13-11(10)14;1-6(2)14-5-11-9-7(3)12-8(4)13-10(9)14;1-7(2)12-6-8(3)9(4)11-10(12)5;2*1-5(2)13-4-10-7-8(13)11-6(3)12-9(7)14;1-6(2)11-5-7(3)9(12)10-8(11)4;1-5(2)10-4-8-7(9-10)6(3)11/h5-7H,1-4H3;5-6H,1-4H3;6-7H,5H2,1-4H3;4-5,7-8,11H,3H2,1-2H3,(H,12,14);4-5H,1-3H3,(H,11,12,14);5-6H,4H2,1-3H3,(H,10,12);4-5H,1-3H3. The van der Waals surface area contributed by atoms with Crippen molar-refractivity contribution in [2.45, 2.75) is 214 Å². The minimum absolute atomic E-state index is 0.0584. The number of Topliss-reactive ketones (excluding diaryl/α,β-unsaturated/α-hetero) is 1. The number of amides is 2. The van der Waals surface area contributed by atoms with Crippen LogP contribution in [0, 0.1) is 34.6 Å². The molecule has 0 aromatic carbocycles. The number of aromatic nitrogens is 14. The maximum atomic E-state index is 11.5. The van der Waals surface area contributed by atoms with Gasteiger partial charge in [-0.05, 0) is 164 Å². The highest BCUT2D eigenvalue weighted by Crippen LogP contribution is 2.23. The number of aryl methyl sites for hydroxylation is 5. The van der Waals surface area contributed by atoms with Gasteiger partial charge >= 0.3 is 0 Å². The van der Waals surface area contributed by atoms with E-state index in [-0.39, 0.29) is 47.4 Å². The van der Waals surface area contributed by atoms with Crippen LogP contribution in [0.25, 0.3) is 33.4 Å². The first kappa shape index (κ1) is 72.3. The minimum Gasteiger partial charge on any atom is -0.350 e. The highest BCUT2D eigenvalue weighted by molar-refractivity contribution is 5.99. The average Bonchev–Trinajstić information content (AvgIpc) is 1.72. The monoisotopic (exact) mass is 1250 g/mol. The lowest BCUT2D eigenvalue weighted by molar-refractivity contribution is -0.124. The van der Waals surface area contributed by atoms with Crippen LogP contribution in [0.1, 0.15) is 188 Å². The summed E-state index contributed by atoms with van der Waals surface area (Å²) in [6.07, 6.45) is 12.7. The van der Waals surface area contributed by atoms with Crippen LogP contribution in [0.2, 0.25) is 0 Å². The van der Waals surface area contributed by atoms with Crippen LogP contribution < -0.4 is 21.5 Å². The van der Waals surface area contributed by atoms with Crippen molar-refractivity contribution < 1.29 is 14.4 Å². The second kappa shape index (κ2) is 31.3. The van der Waals surface area contributed by atoms with Crippen LogP contribution in [0.15, 0.2) is 107 Å². The van der Waals surface area contributed by atoms with Crippen molar-refractivity contribution in [2.75, 3.05) is 0 Å². The first-order valence-electron chi connectivity index (χ1n) is 30.6. The van der Waals surface area contributed by atoms with Crippen LogP contribution in [0.3, 0.4) is 0 Å². The Morgan fingerprint density at radius 1 is 0.582 bits per heavy atom. The van der Waals surface area contributed by atoms with E-state index in [0.717, 1.165) is 62.3 Å². The van der Waals surface area contributed by atoms with Crippen LogP contribution >= 0.6 is 0 Å². The van der Waals surface area contributed by atoms with Gasteiger partial charge in [0.05, 0.1) is 36.2 Å². The maximum absolute atomic E-state index is 11.5. The molecule has 0 spiro atoms. The molecule has 7 aromatic heterocycles. The minimum atomic E-state index is -0.345. The Balaban J connectivity index is 0.000000193. The fraction of sp³-hybridized carbons (Fsp3) is 0.492. The van der Waals surface area contributed by atoms with Crippen molar-refractivity contribution in [1.82, 2.24) is 99.0 Å². The van der Waals surface area contributed by atoms with Gasteiger partial charge in [0.2, 0.25) is 5.82 Å². The Kier molecular flexibility index (Phi) is 24.9. The third kappa shape index (κ3) is 18.6. The van der Waals surface area contributed by atoms with E-state index in [9.17, 15) is 19.2 Å². The smallest absolute Gasteiger partial charge is 0.279 e. The predicted molar refractivity (Wildman–Crippen MR) is 361 cm³/mol. The number of carbonyl (C=O) groups excluding carboxylic acids is 3. The lowest BCUT2D eigenvalue weighted by atomic mass is 10.1. The molecule has 4 N–H and O–H groups in total. The van der Waals surface area contributed by atoms with Crippen molar-refractivity contribution in [2.24, 2.45) is 9.98 Å². The van der Waals surface area contributed by atoms with E-state index in [1.165, 1.54) is 12.5 Å². The molecule has 26 heteroatoms. The van der Waals surface area contributed by atoms with Gasteiger partial charge in [0.25, 0.3) is 17.4 Å². The zero-order valence-electron chi connectivity index (χ0n) is 57.6. The van der Waals surface area contributed by atoms with Crippen molar-refractivity contribution in [3.63, 3.8) is 0 Å². The molecule has 11 heterocycles. The summed E-state index contributed by atoms with van der Waals surface area (Å²) in [6.45, 7) is 57.3. The Hall–Kier alpha value is -9.49. The van der Waals surface area contributed by atoms with E-state index >= 15 is 0 Å². The Bertz CT molecular complexity index is 3860. The van der Waals surface area contributed by atoms with Gasteiger partial charge in [0, 0.05) is 84.5 Å². The van der Waals surface area contributed by atoms with Crippen molar-refractivity contribution >= 4 is 63.0 Å².